The first-order valence-electron chi connectivity index (χ1n) is 10.9. The Morgan fingerprint density at radius 2 is 1.83 bits per heavy atom. The van der Waals surface area contributed by atoms with E-state index in [2.05, 4.69) is 10.2 Å². The lowest BCUT2D eigenvalue weighted by atomic mass is 10.1. The first-order valence-corrected chi connectivity index (χ1v) is 10.9. The normalized spacial score (nSPS) is 22.3. The number of nitrogens with one attached hydrogen (secondary N) is 1. The lowest BCUT2D eigenvalue weighted by Gasteiger charge is -2.27. The number of likely N-dealkylation sites (tertiary alicyclic amines) is 1. The quantitative estimate of drug-likeness (QED) is 0.740. The number of carbonyl (C=O) groups excluding carboxylic acids is 3. The maximum Gasteiger partial charge on any atom is 0.256 e. The van der Waals surface area contributed by atoms with Crippen LogP contribution >= 0.6 is 0 Å². The van der Waals surface area contributed by atoms with Gasteiger partial charge in [0, 0.05) is 13.1 Å². The minimum Gasteiger partial charge on any atom is -0.355 e. The Labute approximate surface area is 172 Å². The van der Waals surface area contributed by atoms with Crippen molar-refractivity contribution < 1.29 is 14.4 Å². The molecule has 7 heteroatoms. The summed E-state index contributed by atoms with van der Waals surface area (Å²) in [6.07, 6.45) is 6.23. The molecule has 4 rings (SSSR count). The number of fused-ring (bicyclic) bond motifs is 2. The van der Waals surface area contributed by atoms with E-state index < -0.39 is 6.04 Å². The molecule has 0 bridgehead atoms. The van der Waals surface area contributed by atoms with Crippen molar-refractivity contribution in [3.05, 3.63) is 29.8 Å². The van der Waals surface area contributed by atoms with Gasteiger partial charge in [0.15, 0.2) is 0 Å². The molecule has 1 aromatic rings. The largest absolute Gasteiger partial charge is 0.355 e. The second-order valence-corrected chi connectivity index (χ2v) is 8.20. The Balaban J connectivity index is 1.38. The van der Waals surface area contributed by atoms with Crippen molar-refractivity contribution in [2.24, 2.45) is 0 Å². The van der Waals surface area contributed by atoms with E-state index in [4.69, 9.17) is 0 Å². The molecule has 2 saturated heterocycles. The Morgan fingerprint density at radius 3 is 2.66 bits per heavy atom. The summed E-state index contributed by atoms with van der Waals surface area (Å²) in [6.45, 7) is 4.46. The van der Waals surface area contributed by atoms with Gasteiger partial charge in [0.25, 0.3) is 5.91 Å². The number of piperidine rings is 1. The van der Waals surface area contributed by atoms with Crippen molar-refractivity contribution in [1.29, 1.82) is 0 Å². The molecule has 3 amide bonds. The molecule has 1 unspecified atom stereocenters. The molecule has 0 spiro atoms. The fraction of sp³-hybridized carbons (Fsp3) is 0.591. The Bertz CT molecular complexity index is 775. The van der Waals surface area contributed by atoms with Gasteiger partial charge in [-0.1, -0.05) is 18.6 Å². The van der Waals surface area contributed by atoms with Crippen LogP contribution in [-0.4, -0.2) is 72.8 Å². The van der Waals surface area contributed by atoms with E-state index in [1.165, 1.54) is 24.2 Å². The number of anilines is 1. The van der Waals surface area contributed by atoms with Crippen LogP contribution in [0.4, 0.5) is 5.69 Å². The van der Waals surface area contributed by atoms with E-state index in [0.29, 0.717) is 30.8 Å². The van der Waals surface area contributed by atoms with Crippen LogP contribution in [0, 0.1) is 0 Å². The van der Waals surface area contributed by atoms with Gasteiger partial charge in [-0.3, -0.25) is 14.4 Å². The standard InChI is InChI=1S/C22H30N4O3/c27-20(23-11-7-14-24-12-4-1-5-13-24)16-26-18-9-3-2-8-17(18)21(28)25-15-6-10-19(25)22(26)29/h2-3,8-9,19H,1,4-7,10-16H2,(H,23,27). The van der Waals surface area contributed by atoms with E-state index in [1.807, 2.05) is 0 Å². The molecule has 3 aliphatic heterocycles. The number of benzene rings is 1. The summed E-state index contributed by atoms with van der Waals surface area (Å²) in [5, 5.41) is 2.95. The minimum atomic E-state index is -0.457. The Kier molecular flexibility index (Phi) is 6.13. The molecule has 1 N–H and O–H groups in total. The molecular formula is C22H30N4O3. The summed E-state index contributed by atoms with van der Waals surface area (Å²) in [5.74, 6) is -0.434. The highest BCUT2D eigenvalue weighted by Crippen LogP contribution is 2.32. The van der Waals surface area contributed by atoms with Crippen molar-refractivity contribution in [3.8, 4) is 0 Å². The van der Waals surface area contributed by atoms with Gasteiger partial charge in [-0.05, 0) is 63.9 Å². The third-order valence-electron chi connectivity index (χ3n) is 6.21. The number of carbonyl (C=O) groups is 3. The van der Waals surface area contributed by atoms with Gasteiger partial charge in [0.05, 0.1) is 11.3 Å². The first-order chi connectivity index (χ1) is 14.1. The number of rotatable bonds is 6. The maximum absolute atomic E-state index is 13.2. The van der Waals surface area contributed by atoms with Crippen LogP contribution in [0.3, 0.4) is 0 Å². The van der Waals surface area contributed by atoms with Gasteiger partial charge in [-0.25, -0.2) is 0 Å². The van der Waals surface area contributed by atoms with Crippen LogP contribution in [0.1, 0.15) is 48.9 Å². The topological polar surface area (TPSA) is 73.0 Å². The fourth-order valence-electron chi connectivity index (χ4n) is 4.69. The second-order valence-electron chi connectivity index (χ2n) is 8.20. The highest BCUT2D eigenvalue weighted by atomic mass is 16.2. The fourth-order valence-corrected chi connectivity index (χ4v) is 4.69. The molecule has 0 aliphatic carbocycles. The molecule has 3 aliphatic rings. The SMILES string of the molecule is O=C(CN1C(=O)C2CCCN2C(=O)c2ccccc21)NCCCN1CCCCC1. The summed E-state index contributed by atoms with van der Waals surface area (Å²) in [6, 6.07) is 6.66. The zero-order valence-electron chi connectivity index (χ0n) is 16.9. The van der Waals surface area contributed by atoms with Crippen LogP contribution in [0.2, 0.25) is 0 Å². The molecule has 0 saturated carbocycles. The summed E-state index contributed by atoms with van der Waals surface area (Å²) >= 11 is 0. The maximum atomic E-state index is 13.2. The molecule has 1 aromatic carbocycles. The molecule has 0 aromatic heterocycles. The third-order valence-corrected chi connectivity index (χ3v) is 6.21. The van der Waals surface area contributed by atoms with Crippen LogP contribution < -0.4 is 10.2 Å². The first kappa shape index (κ1) is 19.9. The van der Waals surface area contributed by atoms with E-state index >= 15 is 0 Å². The van der Waals surface area contributed by atoms with Gasteiger partial charge in [-0.2, -0.15) is 0 Å². The summed E-state index contributed by atoms with van der Waals surface area (Å²) in [4.78, 5) is 44.3. The lowest BCUT2D eigenvalue weighted by molar-refractivity contribution is -0.125. The van der Waals surface area contributed by atoms with Crippen molar-refractivity contribution in [3.63, 3.8) is 0 Å². The number of hydrogen-bond donors (Lipinski definition) is 1. The summed E-state index contributed by atoms with van der Waals surface area (Å²) in [7, 11) is 0. The number of para-hydroxylation sites is 1. The molecule has 2 fully saturated rings. The zero-order chi connectivity index (χ0) is 20.2. The number of amides is 3. The smallest absolute Gasteiger partial charge is 0.256 e. The monoisotopic (exact) mass is 398 g/mol. The predicted octanol–water partition coefficient (Wildman–Crippen LogP) is 1.63. The molecule has 29 heavy (non-hydrogen) atoms. The Hall–Kier alpha value is -2.41. The molecule has 0 radical (unpaired) electrons. The molecule has 1 atom stereocenters. The van der Waals surface area contributed by atoms with Crippen molar-refractivity contribution in [2.75, 3.05) is 44.2 Å². The van der Waals surface area contributed by atoms with Crippen LogP contribution in [0.15, 0.2) is 24.3 Å². The van der Waals surface area contributed by atoms with E-state index in [0.717, 1.165) is 32.5 Å². The van der Waals surface area contributed by atoms with Crippen LogP contribution in [0.25, 0.3) is 0 Å². The molecule has 7 nitrogen and oxygen atoms in total. The van der Waals surface area contributed by atoms with Crippen LogP contribution in [0.5, 0.6) is 0 Å². The Morgan fingerprint density at radius 1 is 1.03 bits per heavy atom. The average Bonchev–Trinajstić information content (AvgIpc) is 3.22. The molecule has 156 valence electrons. The minimum absolute atomic E-state index is 0.0445. The third kappa shape index (κ3) is 4.29. The van der Waals surface area contributed by atoms with E-state index in [9.17, 15) is 14.4 Å². The second kappa shape index (κ2) is 8.95. The molecular weight excluding hydrogens is 368 g/mol. The summed E-state index contributed by atoms with van der Waals surface area (Å²) in [5.41, 5.74) is 1.04. The van der Waals surface area contributed by atoms with Crippen LogP contribution in [-0.2, 0) is 9.59 Å². The predicted molar refractivity (Wildman–Crippen MR) is 111 cm³/mol. The zero-order valence-corrected chi connectivity index (χ0v) is 16.9. The van der Waals surface area contributed by atoms with Crippen molar-refractivity contribution in [2.45, 2.75) is 44.6 Å². The molecule has 3 heterocycles. The summed E-state index contributed by atoms with van der Waals surface area (Å²) < 4.78 is 0. The van der Waals surface area contributed by atoms with Gasteiger partial charge < -0.3 is 20.0 Å². The van der Waals surface area contributed by atoms with E-state index in [-0.39, 0.29) is 24.3 Å². The van der Waals surface area contributed by atoms with Crippen molar-refractivity contribution in [1.82, 2.24) is 15.1 Å². The van der Waals surface area contributed by atoms with Gasteiger partial charge in [0.1, 0.15) is 12.6 Å². The highest BCUT2D eigenvalue weighted by molar-refractivity contribution is 6.12. The van der Waals surface area contributed by atoms with Crippen molar-refractivity contribution >= 4 is 23.4 Å². The average molecular weight is 399 g/mol. The van der Waals surface area contributed by atoms with Gasteiger partial charge in [-0.15, -0.1) is 0 Å². The highest BCUT2D eigenvalue weighted by Gasteiger charge is 2.42. The van der Waals surface area contributed by atoms with Gasteiger partial charge in [0.2, 0.25) is 11.8 Å². The lowest BCUT2D eigenvalue weighted by Crippen LogP contribution is -2.48. The number of hydrogen-bond acceptors (Lipinski definition) is 4. The van der Waals surface area contributed by atoms with Gasteiger partial charge >= 0.3 is 0 Å². The number of nitrogens with zero attached hydrogens (tertiary/aromatic N) is 3. The van der Waals surface area contributed by atoms with E-state index in [1.54, 1.807) is 29.2 Å².